The highest BCUT2D eigenvalue weighted by Gasteiger charge is 2.43. The molecular formula is C29H27ClF4N4O3. The first-order valence-corrected chi connectivity index (χ1v) is 13.8. The standard InChI is InChI=1S/C29H27ClF4N4O3/c1-28(21-6-5-18(30)13-22(21)31)40-24-4-2-3-20(26(24)41-28)17-7-10-37(11-8-17)16-25-36-27(29(32,33)34)23(14-35)38(25)15-19-9-12-39-19/h2-6,13,17,19H,7-12,15-16H2,1H3/t19-,28-/m0/s1. The topological polar surface area (TPSA) is 72.5 Å². The molecule has 0 aliphatic carbocycles. The van der Waals surface area contributed by atoms with Crippen LogP contribution in [0.25, 0.3) is 0 Å². The van der Waals surface area contributed by atoms with Crippen LogP contribution in [-0.4, -0.2) is 40.3 Å². The summed E-state index contributed by atoms with van der Waals surface area (Å²) in [6, 6.07) is 11.7. The van der Waals surface area contributed by atoms with Crippen molar-refractivity contribution in [2.24, 2.45) is 0 Å². The predicted molar refractivity (Wildman–Crippen MR) is 140 cm³/mol. The van der Waals surface area contributed by atoms with Gasteiger partial charge in [-0.15, -0.1) is 0 Å². The van der Waals surface area contributed by atoms with E-state index >= 15 is 0 Å². The maximum absolute atomic E-state index is 14.7. The van der Waals surface area contributed by atoms with Crippen LogP contribution < -0.4 is 9.47 Å². The molecule has 2 aromatic carbocycles. The Morgan fingerprint density at radius 1 is 1.15 bits per heavy atom. The largest absolute Gasteiger partial charge is 0.444 e. The molecule has 6 rings (SSSR count). The summed E-state index contributed by atoms with van der Waals surface area (Å²) in [4.78, 5) is 5.93. The molecule has 0 bridgehead atoms. The maximum atomic E-state index is 14.7. The van der Waals surface area contributed by atoms with Crippen molar-refractivity contribution in [3.8, 4) is 17.6 Å². The number of nitriles is 1. The molecule has 1 aromatic heterocycles. The summed E-state index contributed by atoms with van der Waals surface area (Å²) in [5.74, 6) is -0.494. The van der Waals surface area contributed by atoms with E-state index in [4.69, 9.17) is 25.8 Å². The lowest BCUT2D eigenvalue weighted by Gasteiger charge is -2.33. The van der Waals surface area contributed by atoms with Crippen LogP contribution in [0.15, 0.2) is 36.4 Å². The first-order valence-electron chi connectivity index (χ1n) is 13.4. The third kappa shape index (κ3) is 5.25. The SMILES string of the molecule is C[C@]1(c2ccc(Cl)cc2F)Oc2cccc(C3CCN(Cc4nc(C(F)(F)F)c(C#N)n4C[C@@H]4CCO4)CC3)c2O1. The number of piperidine rings is 1. The zero-order chi connectivity index (χ0) is 28.9. The fourth-order valence-corrected chi connectivity index (χ4v) is 5.96. The van der Waals surface area contributed by atoms with Crippen LogP contribution in [0.2, 0.25) is 5.02 Å². The number of fused-ring (bicyclic) bond motifs is 1. The molecule has 0 unspecified atom stereocenters. The van der Waals surface area contributed by atoms with E-state index in [0.29, 0.717) is 31.2 Å². The molecule has 7 nitrogen and oxygen atoms in total. The van der Waals surface area contributed by atoms with Crippen LogP contribution in [0, 0.1) is 17.1 Å². The lowest BCUT2D eigenvalue weighted by molar-refractivity contribution is -0.141. The zero-order valence-electron chi connectivity index (χ0n) is 22.2. The average molecular weight is 591 g/mol. The number of benzene rings is 2. The third-order valence-corrected chi connectivity index (χ3v) is 8.26. The van der Waals surface area contributed by atoms with Gasteiger partial charge in [-0.1, -0.05) is 23.7 Å². The Balaban J connectivity index is 1.18. The van der Waals surface area contributed by atoms with Crippen LogP contribution in [0.1, 0.15) is 60.4 Å². The van der Waals surface area contributed by atoms with Crippen molar-refractivity contribution in [1.82, 2.24) is 14.5 Å². The van der Waals surface area contributed by atoms with Crippen molar-refractivity contribution in [3.05, 3.63) is 75.6 Å². The highest BCUT2D eigenvalue weighted by Crippen LogP contribution is 2.50. The summed E-state index contributed by atoms with van der Waals surface area (Å²) in [5.41, 5.74) is -0.455. The molecular weight excluding hydrogens is 564 g/mol. The molecule has 216 valence electrons. The van der Waals surface area contributed by atoms with Crippen LogP contribution in [0.5, 0.6) is 11.5 Å². The zero-order valence-corrected chi connectivity index (χ0v) is 22.9. The lowest BCUT2D eigenvalue weighted by atomic mass is 9.88. The molecule has 0 N–H and O–H groups in total. The van der Waals surface area contributed by atoms with Crippen molar-refractivity contribution in [1.29, 1.82) is 5.26 Å². The van der Waals surface area contributed by atoms with Gasteiger partial charge in [0.15, 0.2) is 22.9 Å². The maximum Gasteiger partial charge on any atom is 0.436 e. The van der Waals surface area contributed by atoms with Gasteiger partial charge in [0.1, 0.15) is 17.7 Å². The number of hydrogen-bond donors (Lipinski definition) is 0. The molecule has 0 saturated carbocycles. The van der Waals surface area contributed by atoms with E-state index in [1.54, 1.807) is 31.2 Å². The summed E-state index contributed by atoms with van der Waals surface area (Å²) in [6.07, 6.45) is -2.79. The van der Waals surface area contributed by atoms with Gasteiger partial charge in [-0.05, 0) is 62.5 Å². The molecule has 3 aromatic rings. The number of imidazole rings is 1. The van der Waals surface area contributed by atoms with Crippen molar-refractivity contribution in [2.45, 2.75) is 63.3 Å². The molecule has 41 heavy (non-hydrogen) atoms. The normalized spacial score (nSPS) is 22.9. The minimum atomic E-state index is -4.72. The Morgan fingerprint density at radius 3 is 2.54 bits per heavy atom. The summed E-state index contributed by atoms with van der Waals surface area (Å²) in [6.45, 7) is 3.78. The molecule has 2 saturated heterocycles. The highest BCUT2D eigenvalue weighted by molar-refractivity contribution is 6.30. The van der Waals surface area contributed by atoms with Gasteiger partial charge in [-0.3, -0.25) is 4.90 Å². The summed E-state index contributed by atoms with van der Waals surface area (Å²) in [7, 11) is 0. The average Bonchev–Trinajstić information content (AvgIpc) is 3.43. The molecule has 2 atom stereocenters. The van der Waals surface area contributed by atoms with Crippen LogP contribution in [0.3, 0.4) is 0 Å². The van der Waals surface area contributed by atoms with E-state index < -0.39 is 29.2 Å². The molecule has 0 amide bonds. The molecule has 2 fully saturated rings. The predicted octanol–water partition coefficient (Wildman–Crippen LogP) is 6.38. The van der Waals surface area contributed by atoms with Crippen molar-refractivity contribution in [3.63, 3.8) is 0 Å². The van der Waals surface area contributed by atoms with E-state index in [9.17, 15) is 22.8 Å². The Bertz CT molecular complexity index is 1510. The number of likely N-dealkylation sites (tertiary alicyclic amines) is 1. The fraction of sp³-hybridized carbons (Fsp3) is 0.448. The summed E-state index contributed by atoms with van der Waals surface area (Å²) < 4.78 is 74.9. The van der Waals surface area contributed by atoms with Crippen molar-refractivity contribution < 1.29 is 31.8 Å². The highest BCUT2D eigenvalue weighted by atomic mass is 35.5. The van der Waals surface area contributed by atoms with E-state index in [2.05, 4.69) is 4.98 Å². The van der Waals surface area contributed by atoms with E-state index in [1.165, 1.54) is 10.6 Å². The van der Waals surface area contributed by atoms with E-state index in [-0.39, 0.29) is 41.5 Å². The Labute approximate surface area is 239 Å². The molecule has 12 heteroatoms. The van der Waals surface area contributed by atoms with Gasteiger partial charge in [-0.25, -0.2) is 9.37 Å². The van der Waals surface area contributed by atoms with Crippen LogP contribution >= 0.6 is 11.6 Å². The lowest BCUT2D eigenvalue weighted by Crippen LogP contribution is -2.35. The van der Waals surface area contributed by atoms with Gasteiger partial charge < -0.3 is 18.8 Å². The Morgan fingerprint density at radius 2 is 1.90 bits per heavy atom. The molecule has 4 heterocycles. The first-order chi connectivity index (χ1) is 19.6. The quantitative estimate of drug-likeness (QED) is 0.310. The Hall–Kier alpha value is -3.33. The van der Waals surface area contributed by atoms with Gasteiger partial charge in [0.2, 0.25) is 0 Å². The van der Waals surface area contributed by atoms with Gasteiger partial charge in [0, 0.05) is 24.1 Å². The molecule has 3 aliphatic rings. The van der Waals surface area contributed by atoms with E-state index in [0.717, 1.165) is 24.8 Å². The monoisotopic (exact) mass is 590 g/mol. The smallest absolute Gasteiger partial charge is 0.436 e. The minimum absolute atomic E-state index is 0.103. The second-order valence-electron chi connectivity index (χ2n) is 10.7. The molecule has 0 radical (unpaired) electrons. The second kappa shape index (κ2) is 10.5. The first kappa shape index (κ1) is 27.8. The van der Waals surface area contributed by atoms with Gasteiger partial charge in [-0.2, -0.15) is 18.4 Å². The number of aromatic nitrogens is 2. The number of rotatable bonds is 6. The van der Waals surface area contributed by atoms with Crippen LogP contribution in [-0.2, 0) is 29.8 Å². The summed E-state index contributed by atoms with van der Waals surface area (Å²) >= 11 is 5.92. The number of hydrogen-bond acceptors (Lipinski definition) is 6. The Kier molecular flexibility index (Phi) is 7.12. The van der Waals surface area contributed by atoms with Gasteiger partial charge in [0.25, 0.3) is 5.79 Å². The fourth-order valence-electron chi connectivity index (χ4n) is 5.80. The minimum Gasteiger partial charge on any atom is -0.444 e. The number of halogens is 5. The van der Waals surface area contributed by atoms with Gasteiger partial charge in [0.05, 0.1) is 24.8 Å². The third-order valence-electron chi connectivity index (χ3n) is 8.02. The molecule has 3 aliphatic heterocycles. The summed E-state index contributed by atoms with van der Waals surface area (Å²) in [5, 5.41) is 9.82. The van der Waals surface area contributed by atoms with Gasteiger partial charge >= 0.3 is 6.18 Å². The number of ether oxygens (including phenoxy) is 3. The van der Waals surface area contributed by atoms with Crippen molar-refractivity contribution >= 4 is 11.6 Å². The second-order valence-corrected chi connectivity index (χ2v) is 11.2. The van der Waals surface area contributed by atoms with Crippen molar-refractivity contribution in [2.75, 3.05) is 19.7 Å². The van der Waals surface area contributed by atoms with E-state index in [1.807, 2.05) is 17.0 Å². The van der Waals surface area contributed by atoms with Crippen LogP contribution in [0.4, 0.5) is 17.6 Å². The number of nitrogens with zero attached hydrogens (tertiary/aromatic N) is 4. The number of para-hydroxylation sites is 1. The number of alkyl halides is 3. The molecule has 0 spiro atoms.